The number of carbonyl (C=O) groups is 2. The van der Waals surface area contributed by atoms with E-state index in [0.29, 0.717) is 83.4 Å². The number of aromatic nitrogens is 8. The molecule has 16 nitrogen and oxygen atoms in total. The molecule has 6 N–H and O–H groups in total. The zero-order valence-electron chi connectivity index (χ0n) is 31.8. The van der Waals surface area contributed by atoms with Crippen LogP contribution in [0.4, 0.5) is 30.0 Å². The smallest absolute Gasteiger partial charge is 0.317 e. The average molecular weight is 836 g/mol. The van der Waals surface area contributed by atoms with Gasteiger partial charge in [-0.25, -0.2) is 48.3 Å². The molecule has 2 atom stereocenters. The van der Waals surface area contributed by atoms with Crippen LogP contribution in [-0.4, -0.2) is 113 Å². The summed E-state index contributed by atoms with van der Waals surface area (Å²) in [5.41, 5.74) is 2.67. The van der Waals surface area contributed by atoms with Crippen molar-refractivity contribution in [2.75, 3.05) is 49.9 Å². The zero-order chi connectivity index (χ0) is 40.8. The van der Waals surface area contributed by atoms with Gasteiger partial charge in [0.2, 0.25) is 0 Å². The lowest BCUT2D eigenvalue weighted by Gasteiger charge is -2.33. The number of hydrogen-bond acceptors (Lipinski definition) is 10. The van der Waals surface area contributed by atoms with Gasteiger partial charge in [-0.2, -0.15) is 0 Å². The molecule has 2 saturated heterocycles. The van der Waals surface area contributed by atoms with Gasteiger partial charge in [0.1, 0.15) is 11.3 Å². The number of fused-ring (bicyclic) bond motifs is 2. The van der Waals surface area contributed by atoms with Crippen molar-refractivity contribution in [1.29, 1.82) is 0 Å². The number of aromatic amines is 2. The molecule has 2 aliphatic heterocycles. The molecule has 0 radical (unpaired) electrons. The number of hydrogen-bond donors (Lipinski definition) is 6. The quantitative estimate of drug-likeness (QED) is 0.0945. The first-order valence-electron chi connectivity index (χ1n) is 19.0. The minimum atomic E-state index is -0.542. The molecule has 0 bridgehead atoms. The first kappa shape index (κ1) is 40.3. The Bertz CT molecular complexity index is 2250. The first-order valence-corrected chi connectivity index (χ1v) is 19.7. The number of pyridine rings is 2. The molecule has 58 heavy (non-hydrogen) atoms. The largest absolute Gasteiger partial charge is 0.363 e. The van der Waals surface area contributed by atoms with E-state index in [9.17, 15) is 18.4 Å². The van der Waals surface area contributed by atoms with E-state index in [-0.39, 0.29) is 35.8 Å². The molecule has 20 heteroatoms. The molecule has 6 aromatic heterocycles. The van der Waals surface area contributed by atoms with Gasteiger partial charge in [0.25, 0.3) is 0 Å². The lowest BCUT2D eigenvalue weighted by Crippen LogP contribution is -2.49. The number of rotatable bonds is 8. The number of amides is 4. The second kappa shape index (κ2) is 18.1. The highest BCUT2D eigenvalue weighted by Gasteiger charge is 2.26. The normalized spacial score (nSPS) is 16.8. The molecule has 0 saturated carbocycles. The topological polar surface area (TPSA) is 198 Å². The molecule has 2 aliphatic rings. The van der Waals surface area contributed by atoms with E-state index in [4.69, 9.17) is 23.2 Å². The number of anilines is 2. The number of urea groups is 2. The summed E-state index contributed by atoms with van der Waals surface area (Å²) < 4.78 is 28.8. The fourth-order valence-electron chi connectivity index (χ4n) is 6.99. The highest BCUT2D eigenvalue weighted by molar-refractivity contribution is 6.31. The fourth-order valence-corrected chi connectivity index (χ4v) is 7.31. The van der Waals surface area contributed by atoms with E-state index in [2.05, 4.69) is 61.1 Å². The maximum absolute atomic E-state index is 14.4. The van der Waals surface area contributed by atoms with Crippen LogP contribution >= 0.6 is 23.2 Å². The zero-order valence-corrected chi connectivity index (χ0v) is 33.3. The molecule has 4 amide bonds. The van der Waals surface area contributed by atoms with Crippen molar-refractivity contribution in [2.24, 2.45) is 0 Å². The van der Waals surface area contributed by atoms with Crippen LogP contribution in [0.15, 0.2) is 49.3 Å². The number of likely N-dealkylation sites (tertiary alicyclic amines) is 2. The van der Waals surface area contributed by atoms with E-state index in [1.807, 2.05) is 13.8 Å². The van der Waals surface area contributed by atoms with Gasteiger partial charge < -0.3 is 41.0 Å². The Kier molecular flexibility index (Phi) is 12.6. The van der Waals surface area contributed by atoms with Gasteiger partial charge in [0.15, 0.2) is 34.9 Å². The summed E-state index contributed by atoms with van der Waals surface area (Å²) in [6.45, 7) is 7.23. The van der Waals surface area contributed by atoms with E-state index < -0.39 is 11.6 Å². The van der Waals surface area contributed by atoms with Crippen LogP contribution in [-0.2, 0) is 0 Å². The maximum Gasteiger partial charge on any atom is 0.317 e. The summed E-state index contributed by atoms with van der Waals surface area (Å²) in [5.74, 6) is -0.134. The van der Waals surface area contributed by atoms with Crippen LogP contribution in [0.5, 0.6) is 0 Å². The van der Waals surface area contributed by atoms with Crippen LogP contribution in [0.3, 0.4) is 0 Å². The second-order valence-electron chi connectivity index (χ2n) is 13.8. The summed E-state index contributed by atoms with van der Waals surface area (Å²) >= 11 is 12.1. The Hall–Kier alpha value is -5.88. The summed E-state index contributed by atoms with van der Waals surface area (Å²) in [4.78, 5) is 59.2. The molecule has 6 aromatic rings. The monoisotopic (exact) mass is 834 g/mol. The molecule has 1 unspecified atom stereocenters. The Morgan fingerprint density at radius 2 is 1.14 bits per heavy atom. The van der Waals surface area contributed by atoms with Crippen molar-refractivity contribution < 1.29 is 18.4 Å². The molecular weight excluding hydrogens is 793 g/mol. The van der Waals surface area contributed by atoms with Gasteiger partial charge in [-0.3, -0.25) is 0 Å². The maximum atomic E-state index is 14.4. The van der Waals surface area contributed by atoms with Crippen LogP contribution in [0.1, 0.15) is 39.5 Å². The van der Waals surface area contributed by atoms with E-state index in [0.717, 1.165) is 48.8 Å². The Morgan fingerprint density at radius 3 is 1.55 bits per heavy atom. The molecule has 304 valence electrons. The summed E-state index contributed by atoms with van der Waals surface area (Å²) in [6.07, 6.45) is 12.1. The predicted octanol–water partition coefficient (Wildman–Crippen LogP) is 6.84. The Balaban J connectivity index is 0.000000177. The van der Waals surface area contributed by atoms with Crippen molar-refractivity contribution >= 4 is 69.0 Å². The number of carbonyl (C=O) groups excluding carboxylic acids is 2. The number of nitrogens with zero attached hydrogens (tertiary/aromatic N) is 8. The molecule has 0 aromatic carbocycles. The van der Waals surface area contributed by atoms with Crippen LogP contribution in [0.25, 0.3) is 44.8 Å². The fraction of sp³-hybridized carbons (Fsp3) is 0.368. The molecule has 0 aliphatic carbocycles. The predicted molar refractivity (Wildman–Crippen MR) is 219 cm³/mol. The standard InChI is InChI=1S/2C19H21ClFN7O/c2*1-2-22-19(29)28-5-3-4-12(10-28)26-18-15(21)9-25-17(27-18)14-8-24-16-13(14)6-11(20)7-23-16/h2*6-9,12H,2-5,10H2,1H3,(H,22,29)(H,23,24)(H,25,26,27)/t12-;/m0./s1. The van der Waals surface area contributed by atoms with Crippen molar-refractivity contribution in [3.8, 4) is 22.8 Å². The lowest BCUT2D eigenvalue weighted by molar-refractivity contribution is 0.182. The molecule has 8 rings (SSSR count). The highest BCUT2D eigenvalue weighted by Crippen LogP contribution is 2.30. The SMILES string of the molecule is CCNC(=O)N1CCCC(Nc2nc(-c3c[nH]c4ncc(Cl)cc34)ncc2F)C1.CCNC(=O)N1CCC[C@H](Nc2nc(-c3c[nH]c4ncc(Cl)cc34)ncc2F)C1. The van der Waals surface area contributed by atoms with E-state index in [1.54, 1.807) is 46.7 Å². The number of H-pyrrole nitrogens is 2. The summed E-state index contributed by atoms with van der Waals surface area (Å²) in [5, 5.41) is 14.4. The van der Waals surface area contributed by atoms with Gasteiger partial charge in [0.05, 0.1) is 22.4 Å². The Labute approximate surface area is 342 Å². The van der Waals surface area contributed by atoms with Crippen molar-refractivity contribution in [3.63, 3.8) is 0 Å². The summed E-state index contributed by atoms with van der Waals surface area (Å²) in [7, 11) is 0. The number of halogens is 4. The van der Waals surface area contributed by atoms with Crippen LogP contribution in [0, 0.1) is 11.6 Å². The number of nitrogens with one attached hydrogen (secondary N) is 6. The van der Waals surface area contributed by atoms with Crippen molar-refractivity contribution in [2.45, 2.75) is 51.6 Å². The van der Waals surface area contributed by atoms with Gasteiger partial charge in [-0.05, 0) is 51.7 Å². The minimum Gasteiger partial charge on any atom is -0.363 e. The van der Waals surface area contributed by atoms with Gasteiger partial charge in [0, 0.05) is 98.0 Å². The molecular formula is C38H42Cl2F2N14O2. The van der Waals surface area contributed by atoms with E-state index in [1.165, 1.54) is 0 Å². The second-order valence-corrected chi connectivity index (χ2v) is 14.7. The third kappa shape index (κ3) is 9.29. The van der Waals surface area contributed by atoms with Crippen molar-refractivity contribution in [3.05, 3.63) is 71.0 Å². The molecule has 0 spiro atoms. The van der Waals surface area contributed by atoms with Gasteiger partial charge in [-0.1, -0.05) is 23.2 Å². The van der Waals surface area contributed by atoms with Crippen LogP contribution < -0.4 is 21.3 Å². The van der Waals surface area contributed by atoms with E-state index >= 15 is 0 Å². The first-order chi connectivity index (χ1) is 28.1. The van der Waals surface area contributed by atoms with Crippen LogP contribution in [0.2, 0.25) is 10.0 Å². The van der Waals surface area contributed by atoms with Crippen molar-refractivity contribution in [1.82, 2.24) is 60.3 Å². The molecule has 8 heterocycles. The average Bonchev–Trinajstić information content (AvgIpc) is 3.84. The van der Waals surface area contributed by atoms with Gasteiger partial charge >= 0.3 is 12.1 Å². The molecule has 2 fully saturated rings. The highest BCUT2D eigenvalue weighted by atomic mass is 35.5. The minimum absolute atomic E-state index is 0.0947. The third-order valence-electron chi connectivity index (χ3n) is 9.72. The summed E-state index contributed by atoms with van der Waals surface area (Å²) in [6, 6.07) is 3.13. The Morgan fingerprint density at radius 1 is 0.707 bits per heavy atom. The number of piperidine rings is 2. The lowest BCUT2D eigenvalue weighted by atomic mass is 10.1. The third-order valence-corrected chi connectivity index (χ3v) is 10.1. The van der Waals surface area contributed by atoms with Gasteiger partial charge in [-0.15, -0.1) is 0 Å².